The third-order valence-electron chi connectivity index (χ3n) is 2.56. The molecule has 3 aromatic rings. The third kappa shape index (κ3) is 1.78. The maximum Gasteiger partial charge on any atom is 0.256 e. The first-order chi connectivity index (χ1) is 8.33. The second-order valence-electron chi connectivity index (χ2n) is 3.70. The van der Waals surface area contributed by atoms with Crippen molar-refractivity contribution in [3.05, 3.63) is 48.3 Å². The van der Waals surface area contributed by atoms with Crippen LogP contribution in [0.15, 0.2) is 42.7 Å². The number of carbonyl (C=O) groups is 1. The molecule has 17 heavy (non-hydrogen) atoms. The van der Waals surface area contributed by atoms with Crippen LogP contribution in [0.4, 0.5) is 5.82 Å². The van der Waals surface area contributed by atoms with Crippen LogP contribution in [-0.2, 0) is 0 Å². The molecule has 0 radical (unpaired) electrons. The molecule has 0 aliphatic rings. The summed E-state index contributed by atoms with van der Waals surface area (Å²) in [4.78, 5) is 15.0. The summed E-state index contributed by atoms with van der Waals surface area (Å²) in [6.45, 7) is 0. The number of fused-ring (bicyclic) bond motifs is 1. The maximum absolute atomic E-state index is 11.9. The molecule has 0 unspecified atom stereocenters. The minimum Gasteiger partial charge on any atom is -0.361 e. The molecule has 0 saturated heterocycles. The number of hydrogen-bond donors (Lipinski definition) is 3. The normalized spacial score (nSPS) is 10.6. The Bertz CT molecular complexity index is 654. The van der Waals surface area contributed by atoms with Gasteiger partial charge in [-0.15, -0.1) is 0 Å². The smallest absolute Gasteiger partial charge is 0.256 e. The maximum atomic E-state index is 11.9. The summed E-state index contributed by atoms with van der Waals surface area (Å²) in [5, 5.41) is 10.2. The molecule has 0 bridgehead atoms. The third-order valence-corrected chi connectivity index (χ3v) is 2.56. The van der Waals surface area contributed by atoms with Crippen LogP contribution in [0.5, 0.6) is 0 Å². The average Bonchev–Trinajstić information content (AvgIpc) is 2.97. The van der Waals surface area contributed by atoms with Gasteiger partial charge in [0.2, 0.25) is 0 Å². The molecule has 0 aliphatic carbocycles. The lowest BCUT2D eigenvalue weighted by atomic mass is 10.1. The number of benzene rings is 1. The molecule has 3 N–H and O–H groups in total. The minimum atomic E-state index is -0.155. The highest BCUT2D eigenvalue weighted by Crippen LogP contribution is 2.15. The summed E-state index contributed by atoms with van der Waals surface area (Å²) in [7, 11) is 0. The molecule has 3 rings (SSSR count). The number of aromatic amines is 2. The van der Waals surface area contributed by atoms with Crippen molar-refractivity contribution in [1.82, 2.24) is 15.2 Å². The van der Waals surface area contributed by atoms with Gasteiger partial charge in [-0.3, -0.25) is 9.89 Å². The summed E-state index contributed by atoms with van der Waals surface area (Å²) in [6, 6.07) is 9.15. The number of hydrogen-bond acceptors (Lipinski definition) is 2. The molecule has 5 nitrogen and oxygen atoms in total. The Balaban J connectivity index is 1.90. The lowest BCUT2D eigenvalue weighted by Gasteiger charge is -2.02. The van der Waals surface area contributed by atoms with Gasteiger partial charge in [-0.2, -0.15) is 5.10 Å². The van der Waals surface area contributed by atoms with Gasteiger partial charge in [0.05, 0.1) is 6.20 Å². The van der Waals surface area contributed by atoms with Crippen molar-refractivity contribution in [3.8, 4) is 0 Å². The lowest BCUT2D eigenvalue weighted by Crippen LogP contribution is -2.11. The molecule has 0 atom stereocenters. The topological polar surface area (TPSA) is 73.6 Å². The van der Waals surface area contributed by atoms with Gasteiger partial charge < -0.3 is 10.3 Å². The number of nitrogens with one attached hydrogen (secondary N) is 3. The molecular weight excluding hydrogens is 216 g/mol. The Labute approximate surface area is 96.9 Å². The summed E-state index contributed by atoms with van der Waals surface area (Å²) in [5.41, 5.74) is 1.63. The zero-order valence-corrected chi connectivity index (χ0v) is 8.90. The van der Waals surface area contributed by atoms with Crippen molar-refractivity contribution in [3.63, 3.8) is 0 Å². The van der Waals surface area contributed by atoms with Crippen LogP contribution in [0.2, 0.25) is 0 Å². The number of H-pyrrole nitrogens is 2. The Kier molecular flexibility index (Phi) is 2.15. The summed E-state index contributed by atoms with van der Waals surface area (Å²) >= 11 is 0. The van der Waals surface area contributed by atoms with Crippen molar-refractivity contribution in [2.75, 3.05) is 5.32 Å². The largest absolute Gasteiger partial charge is 0.361 e. The molecule has 84 valence electrons. The number of amides is 1. The van der Waals surface area contributed by atoms with E-state index in [1.807, 2.05) is 24.4 Å². The van der Waals surface area contributed by atoms with Crippen molar-refractivity contribution in [1.29, 1.82) is 0 Å². The van der Waals surface area contributed by atoms with Gasteiger partial charge in [-0.05, 0) is 24.3 Å². The predicted molar refractivity (Wildman–Crippen MR) is 64.8 cm³/mol. The van der Waals surface area contributed by atoms with E-state index in [2.05, 4.69) is 20.5 Å². The first-order valence-electron chi connectivity index (χ1n) is 5.21. The van der Waals surface area contributed by atoms with E-state index in [0.29, 0.717) is 11.4 Å². The summed E-state index contributed by atoms with van der Waals surface area (Å²) in [5.74, 6) is 0.432. The van der Waals surface area contributed by atoms with E-state index in [1.54, 1.807) is 18.3 Å². The van der Waals surface area contributed by atoms with Crippen LogP contribution in [0.3, 0.4) is 0 Å². The van der Waals surface area contributed by atoms with Crippen molar-refractivity contribution < 1.29 is 4.79 Å². The van der Waals surface area contributed by atoms with Gasteiger partial charge >= 0.3 is 0 Å². The van der Waals surface area contributed by atoms with Crippen LogP contribution in [0.1, 0.15) is 10.4 Å². The molecular formula is C12H10N4O. The highest BCUT2D eigenvalue weighted by molar-refractivity contribution is 6.05. The number of carbonyl (C=O) groups excluding carboxylic acids is 1. The number of nitrogens with zero attached hydrogens (tertiary/aromatic N) is 1. The van der Waals surface area contributed by atoms with Crippen molar-refractivity contribution >= 4 is 22.6 Å². The minimum absolute atomic E-state index is 0.155. The first kappa shape index (κ1) is 9.65. The fourth-order valence-electron chi connectivity index (χ4n) is 1.71. The molecule has 5 heteroatoms. The fraction of sp³-hybridized carbons (Fsp3) is 0. The van der Waals surface area contributed by atoms with E-state index >= 15 is 0 Å². The predicted octanol–water partition coefficient (Wildman–Crippen LogP) is 2.14. The summed E-state index contributed by atoms with van der Waals surface area (Å²) < 4.78 is 0. The molecule has 1 aromatic carbocycles. The molecule has 0 spiro atoms. The quantitative estimate of drug-likeness (QED) is 0.626. The highest BCUT2D eigenvalue weighted by atomic mass is 16.1. The molecule has 2 heterocycles. The van der Waals surface area contributed by atoms with E-state index in [4.69, 9.17) is 0 Å². The molecule has 0 fully saturated rings. The molecule has 2 aromatic heterocycles. The van der Waals surface area contributed by atoms with Crippen molar-refractivity contribution in [2.45, 2.75) is 0 Å². The van der Waals surface area contributed by atoms with Crippen LogP contribution >= 0.6 is 0 Å². The molecule has 1 amide bonds. The van der Waals surface area contributed by atoms with Gasteiger partial charge in [-0.1, -0.05) is 0 Å². The standard InChI is InChI=1S/C12H10N4O/c17-12(15-11-4-6-14-16-11)9-1-2-10-8(7-9)3-5-13-10/h1-7,13H,(H2,14,15,16,17). The van der Waals surface area contributed by atoms with Gasteiger partial charge in [0.1, 0.15) is 5.82 Å². The van der Waals surface area contributed by atoms with E-state index in [9.17, 15) is 4.79 Å². The van der Waals surface area contributed by atoms with Crippen LogP contribution in [0, 0.1) is 0 Å². The zero-order valence-electron chi connectivity index (χ0n) is 8.90. The number of aromatic nitrogens is 3. The van der Waals surface area contributed by atoms with Crippen LogP contribution in [-0.4, -0.2) is 21.1 Å². The Morgan fingerprint density at radius 3 is 3.00 bits per heavy atom. The van der Waals surface area contributed by atoms with E-state index < -0.39 is 0 Å². The molecule has 0 aliphatic heterocycles. The number of anilines is 1. The van der Waals surface area contributed by atoms with Gasteiger partial charge in [0.25, 0.3) is 5.91 Å². The Morgan fingerprint density at radius 2 is 2.18 bits per heavy atom. The van der Waals surface area contributed by atoms with Gasteiger partial charge in [0.15, 0.2) is 0 Å². The Hall–Kier alpha value is -2.56. The monoisotopic (exact) mass is 226 g/mol. The highest BCUT2D eigenvalue weighted by Gasteiger charge is 2.07. The van der Waals surface area contributed by atoms with E-state index in [0.717, 1.165) is 10.9 Å². The lowest BCUT2D eigenvalue weighted by molar-refractivity contribution is 0.102. The first-order valence-corrected chi connectivity index (χ1v) is 5.21. The SMILES string of the molecule is O=C(Nc1ccn[nH]1)c1ccc2[nH]ccc2c1. The Morgan fingerprint density at radius 1 is 1.24 bits per heavy atom. The van der Waals surface area contributed by atoms with Crippen LogP contribution in [0.25, 0.3) is 10.9 Å². The zero-order chi connectivity index (χ0) is 11.7. The molecule has 0 saturated carbocycles. The van der Waals surface area contributed by atoms with E-state index in [1.165, 1.54) is 0 Å². The second kappa shape index (κ2) is 3.79. The van der Waals surface area contributed by atoms with Gasteiger partial charge in [0, 0.05) is 28.7 Å². The summed E-state index contributed by atoms with van der Waals surface area (Å²) in [6.07, 6.45) is 3.44. The van der Waals surface area contributed by atoms with Crippen molar-refractivity contribution in [2.24, 2.45) is 0 Å². The van der Waals surface area contributed by atoms with Gasteiger partial charge in [-0.25, -0.2) is 0 Å². The van der Waals surface area contributed by atoms with Crippen LogP contribution < -0.4 is 5.32 Å². The number of rotatable bonds is 2. The average molecular weight is 226 g/mol. The fourth-order valence-corrected chi connectivity index (χ4v) is 1.71. The second-order valence-corrected chi connectivity index (χ2v) is 3.70. The van der Waals surface area contributed by atoms with E-state index in [-0.39, 0.29) is 5.91 Å².